The third-order valence-electron chi connectivity index (χ3n) is 6.20. The summed E-state index contributed by atoms with van der Waals surface area (Å²) in [5.41, 5.74) is 2.95. The van der Waals surface area contributed by atoms with Crippen LogP contribution in [0.15, 0.2) is 83.4 Å². The lowest BCUT2D eigenvalue weighted by atomic mass is 10.0. The number of methoxy groups -OCH3 is 1. The molecule has 0 aliphatic carbocycles. The van der Waals surface area contributed by atoms with Crippen LogP contribution in [0.3, 0.4) is 0 Å². The van der Waals surface area contributed by atoms with Gasteiger partial charge in [-0.3, -0.25) is 9.78 Å². The number of aromatic carboxylic acids is 1. The molecule has 1 fully saturated rings. The highest BCUT2D eigenvalue weighted by molar-refractivity contribution is 7.80. The predicted octanol–water partition coefficient (Wildman–Crippen LogP) is 5.18. The van der Waals surface area contributed by atoms with E-state index in [1.54, 1.807) is 30.5 Å². The van der Waals surface area contributed by atoms with Gasteiger partial charge in [0.05, 0.1) is 30.1 Å². The van der Waals surface area contributed by atoms with E-state index >= 15 is 0 Å². The average Bonchev–Trinajstić information content (AvgIpc) is 3.53. The predicted molar refractivity (Wildman–Crippen MR) is 146 cm³/mol. The number of hydrogen-bond acceptors (Lipinski definition) is 6. The molecule has 0 saturated carbocycles. The van der Waals surface area contributed by atoms with Crippen LogP contribution in [-0.4, -0.2) is 34.2 Å². The fourth-order valence-corrected chi connectivity index (χ4v) is 4.84. The minimum atomic E-state index is -0.991. The lowest BCUT2D eigenvalue weighted by molar-refractivity contribution is -0.114. The van der Waals surface area contributed by atoms with Crippen molar-refractivity contribution >= 4 is 40.6 Å². The zero-order valence-corrected chi connectivity index (χ0v) is 21.4. The van der Waals surface area contributed by atoms with E-state index in [-0.39, 0.29) is 17.5 Å². The maximum Gasteiger partial charge on any atom is 0.335 e. The van der Waals surface area contributed by atoms with Gasteiger partial charge in [0, 0.05) is 24.4 Å². The van der Waals surface area contributed by atoms with Gasteiger partial charge in [-0.25, -0.2) is 4.79 Å². The van der Waals surface area contributed by atoms with Crippen molar-refractivity contribution in [2.75, 3.05) is 17.3 Å². The maximum absolute atomic E-state index is 11.8. The van der Waals surface area contributed by atoms with Crippen LogP contribution >= 0.6 is 12.2 Å². The Balaban J connectivity index is 1.58. The summed E-state index contributed by atoms with van der Waals surface area (Å²) in [6, 6.07) is 20.6. The van der Waals surface area contributed by atoms with Gasteiger partial charge in [0.25, 0.3) is 0 Å². The zero-order chi connectivity index (χ0) is 26.8. The van der Waals surface area contributed by atoms with Crippen molar-refractivity contribution in [1.82, 2.24) is 10.3 Å². The first kappa shape index (κ1) is 25.0. The van der Waals surface area contributed by atoms with Gasteiger partial charge in [-0.05, 0) is 66.8 Å². The standard InChI is InChI=1S/C28H24N4O5S/c1-16(33)30-21-15-19(10-11-23(21)36-2)32-26(25(31-28(32)38)20-5-3-4-14-29-20)24-13-12-22(37-24)17-6-8-18(9-7-17)27(34)35/h3-15,25-26H,1-2H3,(H,30,33)(H,31,38)(H,34,35)/t25-,26+/m0/s1. The number of carbonyl (C=O) groups excluding carboxylic acids is 1. The first-order valence-corrected chi connectivity index (χ1v) is 12.2. The summed E-state index contributed by atoms with van der Waals surface area (Å²) in [5, 5.41) is 15.9. The van der Waals surface area contributed by atoms with Crippen molar-refractivity contribution in [2.24, 2.45) is 0 Å². The molecule has 3 heterocycles. The van der Waals surface area contributed by atoms with Gasteiger partial charge in [0.15, 0.2) is 5.11 Å². The minimum absolute atomic E-state index is 0.196. The number of carboxylic acids is 1. The second-order valence-electron chi connectivity index (χ2n) is 8.65. The number of pyridine rings is 1. The number of anilines is 2. The Bertz CT molecular complexity index is 1500. The number of hydrogen-bond donors (Lipinski definition) is 3. The lowest BCUT2D eigenvalue weighted by Gasteiger charge is -2.27. The molecule has 3 N–H and O–H groups in total. The Labute approximate surface area is 224 Å². The van der Waals surface area contributed by atoms with Gasteiger partial charge in [-0.2, -0.15) is 0 Å². The van der Waals surface area contributed by atoms with Crippen molar-refractivity contribution in [2.45, 2.75) is 19.0 Å². The summed E-state index contributed by atoms with van der Waals surface area (Å²) in [7, 11) is 1.54. The number of carboxylic acid groups (broad SMARTS) is 1. The molecule has 2 aromatic carbocycles. The third kappa shape index (κ3) is 4.81. The SMILES string of the molecule is COc1ccc(N2C(=S)N[C@@H](c3ccccn3)[C@H]2c2ccc(-c3ccc(C(=O)O)cc3)o2)cc1NC(C)=O. The molecule has 4 aromatic rings. The molecule has 2 aromatic heterocycles. The van der Waals surface area contributed by atoms with E-state index < -0.39 is 12.0 Å². The fraction of sp³-hybridized carbons (Fsp3) is 0.143. The topological polar surface area (TPSA) is 117 Å². The molecule has 38 heavy (non-hydrogen) atoms. The second kappa shape index (κ2) is 10.3. The maximum atomic E-state index is 11.8. The number of carbonyl (C=O) groups is 2. The number of thiocarbonyl (C=S) groups is 1. The normalized spacial score (nSPS) is 16.7. The molecule has 9 nitrogen and oxygen atoms in total. The number of furan rings is 1. The molecule has 10 heteroatoms. The van der Waals surface area contributed by atoms with E-state index in [1.807, 2.05) is 41.3 Å². The molecule has 2 atom stereocenters. The average molecular weight is 529 g/mol. The first-order chi connectivity index (χ1) is 18.4. The van der Waals surface area contributed by atoms with Gasteiger partial charge in [-0.1, -0.05) is 18.2 Å². The van der Waals surface area contributed by atoms with E-state index in [2.05, 4.69) is 15.6 Å². The Morgan fingerprint density at radius 1 is 1.11 bits per heavy atom. The Hall–Kier alpha value is -4.70. The Kier molecular flexibility index (Phi) is 6.80. The van der Waals surface area contributed by atoms with E-state index in [0.29, 0.717) is 28.1 Å². The van der Waals surface area contributed by atoms with Crippen LogP contribution in [0.1, 0.15) is 40.8 Å². The van der Waals surface area contributed by atoms with Crippen molar-refractivity contribution in [1.29, 1.82) is 0 Å². The van der Waals surface area contributed by atoms with E-state index in [1.165, 1.54) is 26.2 Å². The second-order valence-corrected chi connectivity index (χ2v) is 9.03. The summed E-state index contributed by atoms with van der Waals surface area (Å²) >= 11 is 5.78. The van der Waals surface area contributed by atoms with Crippen molar-refractivity contribution in [3.8, 4) is 17.1 Å². The number of ether oxygens (including phenoxy) is 1. The van der Waals surface area contributed by atoms with Gasteiger partial charge in [0.2, 0.25) is 5.91 Å². The largest absolute Gasteiger partial charge is 0.495 e. The van der Waals surface area contributed by atoms with E-state index in [9.17, 15) is 14.7 Å². The Morgan fingerprint density at radius 3 is 2.55 bits per heavy atom. The molecule has 1 amide bonds. The summed E-state index contributed by atoms with van der Waals surface area (Å²) < 4.78 is 11.8. The molecule has 0 radical (unpaired) electrons. The van der Waals surface area contributed by atoms with Gasteiger partial charge in [0.1, 0.15) is 23.3 Å². The molecular formula is C28H24N4O5S. The zero-order valence-electron chi connectivity index (χ0n) is 20.5. The van der Waals surface area contributed by atoms with Crippen LogP contribution in [0.25, 0.3) is 11.3 Å². The number of aromatic nitrogens is 1. The highest BCUT2D eigenvalue weighted by Crippen LogP contribution is 2.44. The molecule has 1 saturated heterocycles. The lowest BCUT2D eigenvalue weighted by Crippen LogP contribution is -2.29. The summed E-state index contributed by atoms with van der Waals surface area (Å²) in [4.78, 5) is 29.5. The van der Waals surface area contributed by atoms with Crippen LogP contribution in [0, 0.1) is 0 Å². The van der Waals surface area contributed by atoms with Crippen LogP contribution in [0.2, 0.25) is 0 Å². The number of nitrogens with zero attached hydrogens (tertiary/aromatic N) is 2. The van der Waals surface area contributed by atoms with Gasteiger partial charge in [-0.15, -0.1) is 0 Å². The number of amides is 1. The highest BCUT2D eigenvalue weighted by atomic mass is 32.1. The number of nitrogens with one attached hydrogen (secondary N) is 2. The van der Waals surface area contributed by atoms with Crippen molar-refractivity contribution < 1.29 is 23.8 Å². The molecule has 0 bridgehead atoms. The van der Waals surface area contributed by atoms with Gasteiger partial charge >= 0.3 is 5.97 Å². The van der Waals surface area contributed by atoms with Crippen LogP contribution < -0.4 is 20.3 Å². The number of benzene rings is 2. The fourth-order valence-electron chi connectivity index (χ4n) is 4.50. The molecule has 0 unspecified atom stereocenters. The summed E-state index contributed by atoms with van der Waals surface area (Å²) in [5.74, 6) is 0.513. The van der Waals surface area contributed by atoms with E-state index in [4.69, 9.17) is 21.4 Å². The summed E-state index contributed by atoms with van der Waals surface area (Å²) in [6.45, 7) is 1.43. The van der Waals surface area contributed by atoms with Crippen LogP contribution in [-0.2, 0) is 4.79 Å². The van der Waals surface area contributed by atoms with Crippen molar-refractivity contribution in [3.05, 3.63) is 96.0 Å². The quantitative estimate of drug-likeness (QED) is 0.279. The van der Waals surface area contributed by atoms with Crippen LogP contribution in [0.4, 0.5) is 11.4 Å². The molecule has 1 aliphatic heterocycles. The van der Waals surface area contributed by atoms with Gasteiger partial charge < -0.3 is 29.8 Å². The third-order valence-corrected chi connectivity index (χ3v) is 6.52. The first-order valence-electron chi connectivity index (χ1n) is 11.8. The summed E-state index contributed by atoms with van der Waals surface area (Å²) in [6.07, 6.45) is 1.72. The van der Waals surface area contributed by atoms with Crippen molar-refractivity contribution in [3.63, 3.8) is 0 Å². The number of rotatable bonds is 7. The molecule has 1 aliphatic rings. The van der Waals surface area contributed by atoms with E-state index in [0.717, 1.165) is 16.9 Å². The monoisotopic (exact) mass is 528 g/mol. The smallest absolute Gasteiger partial charge is 0.335 e. The molecular weight excluding hydrogens is 504 g/mol. The molecule has 5 rings (SSSR count). The van der Waals surface area contributed by atoms with Crippen LogP contribution in [0.5, 0.6) is 5.75 Å². The Morgan fingerprint density at radius 2 is 1.89 bits per heavy atom. The minimum Gasteiger partial charge on any atom is -0.495 e. The molecule has 0 spiro atoms. The highest BCUT2D eigenvalue weighted by Gasteiger charge is 2.42. The molecule has 192 valence electrons.